The van der Waals surface area contributed by atoms with Crippen molar-refractivity contribution in [3.8, 4) is 5.75 Å². The van der Waals surface area contributed by atoms with Crippen LogP contribution in [0, 0.1) is 5.92 Å². The fraction of sp³-hybridized carbons (Fsp3) is 0.500. The van der Waals surface area contributed by atoms with Gasteiger partial charge in [-0.1, -0.05) is 6.92 Å². The Morgan fingerprint density at radius 3 is 2.43 bits per heavy atom. The van der Waals surface area contributed by atoms with Gasteiger partial charge in [0.1, 0.15) is 11.3 Å². The van der Waals surface area contributed by atoms with Crippen LogP contribution in [0.1, 0.15) is 43.0 Å². The average molecular weight is 333 g/mol. The highest BCUT2D eigenvalue weighted by molar-refractivity contribution is 8.13. The molecule has 0 spiro atoms. The Kier molecular flexibility index (Phi) is 4.78. The van der Waals surface area contributed by atoms with Crippen LogP contribution in [-0.4, -0.2) is 25.6 Å². The average Bonchev–Trinajstić information content (AvgIpc) is 2.40. The molecule has 21 heavy (non-hydrogen) atoms. The van der Waals surface area contributed by atoms with Crippen molar-refractivity contribution in [3.63, 3.8) is 0 Å². The summed E-state index contributed by atoms with van der Waals surface area (Å²) in [4.78, 5) is 11.0. The van der Waals surface area contributed by atoms with Crippen LogP contribution in [0.2, 0.25) is 0 Å². The van der Waals surface area contributed by atoms with E-state index in [-0.39, 0.29) is 22.3 Å². The number of benzene rings is 1. The molecular weight excluding hydrogens is 316 g/mol. The van der Waals surface area contributed by atoms with Crippen molar-refractivity contribution in [1.82, 2.24) is 0 Å². The third kappa shape index (κ3) is 4.11. The van der Waals surface area contributed by atoms with Crippen LogP contribution in [-0.2, 0) is 9.05 Å². The first-order valence-electron chi connectivity index (χ1n) is 6.76. The minimum atomic E-state index is -3.96. The van der Waals surface area contributed by atoms with E-state index in [1.807, 2.05) is 0 Å². The van der Waals surface area contributed by atoms with E-state index < -0.39 is 15.0 Å². The molecule has 116 valence electrons. The van der Waals surface area contributed by atoms with E-state index >= 15 is 0 Å². The monoisotopic (exact) mass is 332 g/mol. The van der Waals surface area contributed by atoms with E-state index in [0.717, 1.165) is 31.7 Å². The molecule has 5 nitrogen and oxygen atoms in total. The van der Waals surface area contributed by atoms with Gasteiger partial charge in [0, 0.05) is 10.7 Å². The van der Waals surface area contributed by atoms with Crippen LogP contribution in [0.15, 0.2) is 23.1 Å². The topological polar surface area (TPSA) is 80.7 Å². The molecule has 0 aromatic heterocycles. The van der Waals surface area contributed by atoms with E-state index in [9.17, 15) is 18.3 Å². The molecule has 0 aliphatic heterocycles. The number of hydrogen-bond acceptors (Lipinski definition) is 4. The molecule has 1 aromatic carbocycles. The van der Waals surface area contributed by atoms with Crippen LogP contribution < -0.4 is 4.74 Å². The summed E-state index contributed by atoms with van der Waals surface area (Å²) in [5, 5.41) is 9.21. The van der Waals surface area contributed by atoms with Gasteiger partial charge in [0.25, 0.3) is 9.05 Å². The maximum absolute atomic E-state index is 11.3. The molecule has 0 radical (unpaired) electrons. The number of hydrogen-bond donors (Lipinski definition) is 1. The van der Waals surface area contributed by atoms with Gasteiger partial charge in [-0.15, -0.1) is 0 Å². The van der Waals surface area contributed by atoms with Crippen LogP contribution in [0.3, 0.4) is 0 Å². The second-order valence-corrected chi connectivity index (χ2v) is 7.97. The van der Waals surface area contributed by atoms with Gasteiger partial charge in [0.2, 0.25) is 0 Å². The fourth-order valence-electron chi connectivity index (χ4n) is 2.46. The summed E-state index contributed by atoms with van der Waals surface area (Å²) in [7, 11) is 1.27. The predicted molar refractivity (Wildman–Crippen MR) is 78.5 cm³/mol. The summed E-state index contributed by atoms with van der Waals surface area (Å²) in [6, 6.07) is 3.65. The summed E-state index contributed by atoms with van der Waals surface area (Å²) in [6.07, 6.45) is 3.80. The molecule has 1 aliphatic carbocycles. The maximum atomic E-state index is 11.3. The molecule has 0 unspecified atom stereocenters. The van der Waals surface area contributed by atoms with Gasteiger partial charge >= 0.3 is 5.97 Å². The Bertz CT molecular complexity index is 633. The highest BCUT2D eigenvalue weighted by atomic mass is 35.7. The zero-order valence-electron chi connectivity index (χ0n) is 11.6. The minimum Gasteiger partial charge on any atom is -0.490 e. The van der Waals surface area contributed by atoms with E-state index in [4.69, 9.17) is 15.4 Å². The Balaban J connectivity index is 2.25. The molecule has 0 heterocycles. The number of aromatic carboxylic acids is 1. The Hall–Kier alpha value is -1.27. The van der Waals surface area contributed by atoms with Crippen LogP contribution in [0.4, 0.5) is 0 Å². The van der Waals surface area contributed by atoms with Crippen molar-refractivity contribution in [3.05, 3.63) is 23.8 Å². The van der Waals surface area contributed by atoms with E-state index in [1.165, 1.54) is 12.1 Å². The summed E-state index contributed by atoms with van der Waals surface area (Å²) in [5.41, 5.74) is -0.185. The van der Waals surface area contributed by atoms with Gasteiger partial charge in [-0.25, -0.2) is 13.2 Å². The standard InChI is InChI=1S/C14H17ClO5S/c1-9-2-4-10(5-3-9)20-13-7-6-11(21(15,18)19)8-12(13)14(16)17/h6-10H,2-5H2,1H3,(H,16,17). The van der Waals surface area contributed by atoms with E-state index in [1.54, 1.807) is 0 Å². The first-order valence-corrected chi connectivity index (χ1v) is 9.07. The largest absolute Gasteiger partial charge is 0.490 e. The van der Waals surface area contributed by atoms with Gasteiger partial charge in [0.05, 0.1) is 11.0 Å². The first-order chi connectivity index (χ1) is 9.77. The zero-order chi connectivity index (χ0) is 15.6. The Morgan fingerprint density at radius 2 is 1.90 bits per heavy atom. The molecule has 1 aromatic rings. The predicted octanol–water partition coefficient (Wildman–Crippen LogP) is 3.27. The summed E-state index contributed by atoms with van der Waals surface area (Å²) in [6.45, 7) is 2.18. The van der Waals surface area contributed by atoms with Crippen LogP contribution >= 0.6 is 10.7 Å². The van der Waals surface area contributed by atoms with Crippen molar-refractivity contribution in [1.29, 1.82) is 0 Å². The lowest BCUT2D eigenvalue weighted by Crippen LogP contribution is -2.24. The lowest BCUT2D eigenvalue weighted by molar-refractivity contribution is 0.0683. The molecule has 0 saturated heterocycles. The van der Waals surface area contributed by atoms with Crippen molar-refractivity contribution < 1.29 is 23.1 Å². The Morgan fingerprint density at radius 1 is 1.29 bits per heavy atom. The normalized spacial score (nSPS) is 22.8. The van der Waals surface area contributed by atoms with Crippen molar-refractivity contribution >= 4 is 25.7 Å². The molecular formula is C14H17ClO5S. The smallest absolute Gasteiger partial charge is 0.339 e. The van der Waals surface area contributed by atoms with Crippen molar-refractivity contribution in [2.75, 3.05) is 0 Å². The number of ether oxygens (including phenoxy) is 1. The molecule has 7 heteroatoms. The molecule has 0 amide bonds. The summed E-state index contributed by atoms with van der Waals surface area (Å²) < 4.78 is 28.3. The SMILES string of the molecule is CC1CCC(Oc2ccc(S(=O)(=O)Cl)cc2C(=O)O)CC1. The summed E-state index contributed by atoms with van der Waals surface area (Å²) >= 11 is 0. The van der Waals surface area contributed by atoms with E-state index in [0.29, 0.717) is 5.92 Å². The number of carboxylic acid groups (broad SMARTS) is 1. The molecule has 2 rings (SSSR count). The maximum Gasteiger partial charge on any atom is 0.339 e. The molecule has 0 bridgehead atoms. The van der Waals surface area contributed by atoms with Crippen molar-refractivity contribution in [2.24, 2.45) is 5.92 Å². The Labute approximate surface area is 128 Å². The quantitative estimate of drug-likeness (QED) is 0.856. The number of rotatable bonds is 4. The van der Waals surface area contributed by atoms with Gasteiger partial charge < -0.3 is 9.84 Å². The number of halogens is 1. The molecule has 0 atom stereocenters. The van der Waals surface area contributed by atoms with Gasteiger partial charge in [-0.2, -0.15) is 0 Å². The fourth-order valence-corrected chi connectivity index (χ4v) is 3.23. The van der Waals surface area contributed by atoms with Gasteiger partial charge in [-0.05, 0) is 49.8 Å². The molecule has 1 N–H and O–H groups in total. The third-order valence-corrected chi connectivity index (χ3v) is 5.07. The molecule has 1 fully saturated rings. The highest BCUT2D eigenvalue weighted by Crippen LogP contribution is 2.30. The van der Waals surface area contributed by atoms with Crippen LogP contribution in [0.5, 0.6) is 5.75 Å². The minimum absolute atomic E-state index is 0.0299. The number of carbonyl (C=O) groups is 1. The van der Waals surface area contributed by atoms with Gasteiger partial charge in [-0.3, -0.25) is 0 Å². The summed E-state index contributed by atoms with van der Waals surface area (Å²) in [5.74, 6) is -0.393. The highest BCUT2D eigenvalue weighted by Gasteiger charge is 2.23. The molecule has 1 aliphatic rings. The number of carboxylic acids is 1. The van der Waals surface area contributed by atoms with Crippen LogP contribution in [0.25, 0.3) is 0 Å². The molecule has 1 saturated carbocycles. The third-order valence-electron chi connectivity index (χ3n) is 3.72. The van der Waals surface area contributed by atoms with E-state index in [2.05, 4.69) is 6.92 Å². The lowest BCUT2D eigenvalue weighted by atomic mass is 9.89. The lowest BCUT2D eigenvalue weighted by Gasteiger charge is -2.27. The van der Waals surface area contributed by atoms with Gasteiger partial charge in [0.15, 0.2) is 0 Å². The van der Waals surface area contributed by atoms with Crippen molar-refractivity contribution in [2.45, 2.75) is 43.6 Å². The second kappa shape index (κ2) is 6.23. The second-order valence-electron chi connectivity index (χ2n) is 5.40. The first kappa shape index (κ1) is 16.1. The zero-order valence-corrected chi connectivity index (χ0v) is 13.2.